The molecule has 1 aliphatic rings. The zero-order valence-corrected chi connectivity index (χ0v) is 22.1. The molecule has 36 heavy (non-hydrogen) atoms. The first-order chi connectivity index (χ1) is 17.5. The van der Waals surface area contributed by atoms with E-state index in [1.807, 2.05) is 80.7 Å². The number of carbonyl (C=O) groups excluding carboxylic acids is 2. The minimum atomic E-state index is -0.198. The molecule has 0 aliphatic carbocycles. The van der Waals surface area contributed by atoms with E-state index >= 15 is 0 Å². The van der Waals surface area contributed by atoms with Crippen molar-refractivity contribution in [2.24, 2.45) is 0 Å². The van der Waals surface area contributed by atoms with Gasteiger partial charge in [0.2, 0.25) is 6.41 Å². The van der Waals surface area contributed by atoms with E-state index < -0.39 is 0 Å². The average Bonchev–Trinajstić information content (AvgIpc) is 3.32. The Labute approximate surface area is 223 Å². The van der Waals surface area contributed by atoms with Crippen molar-refractivity contribution in [1.82, 2.24) is 15.5 Å². The third-order valence-corrected chi connectivity index (χ3v) is 5.11. The number of hydrogen-bond donors (Lipinski definition) is 3. The predicted octanol–water partition coefficient (Wildman–Crippen LogP) is 6.57. The van der Waals surface area contributed by atoms with Crippen LogP contribution in [-0.4, -0.2) is 30.4 Å². The first-order valence-electron chi connectivity index (χ1n) is 10.9. The molecule has 1 aromatic carbocycles. The number of benzene rings is 1. The molecule has 8 heteroatoms. The first-order valence-corrected chi connectivity index (χ1v) is 12.1. The smallest absolute Gasteiger partial charge is 0.319 e. The molecule has 6 nitrogen and oxygen atoms in total. The van der Waals surface area contributed by atoms with Crippen molar-refractivity contribution >= 4 is 40.4 Å². The molecule has 3 N–H and O–H groups in total. The van der Waals surface area contributed by atoms with E-state index in [2.05, 4.69) is 46.4 Å². The molecule has 1 aromatic heterocycles. The molecule has 3 amide bonds. The lowest BCUT2D eigenvalue weighted by molar-refractivity contribution is -0.108. The molecule has 0 saturated heterocycles. The third-order valence-electron chi connectivity index (χ3n) is 3.96. The highest BCUT2D eigenvalue weighted by atomic mass is 35.5. The minimum Gasteiger partial charge on any atom is -0.344 e. The summed E-state index contributed by atoms with van der Waals surface area (Å²) in [6, 6.07) is 15.3. The molecule has 0 radical (unpaired) electrons. The van der Waals surface area contributed by atoms with Gasteiger partial charge in [0.15, 0.2) is 0 Å². The van der Waals surface area contributed by atoms with Crippen LogP contribution in [0.15, 0.2) is 109 Å². The number of halogens is 1. The van der Waals surface area contributed by atoms with Gasteiger partial charge in [0.1, 0.15) is 0 Å². The van der Waals surface area contributed by atoms with E-state index in [1.54, 1.807) is 18.2 Å². The van der Waals surface area contributed by atoms with Gasteiger partial charge in [-0.15, -0.1) is 24.2 Å². The predicted molar refractivity (Wildman–Crippen MR) is 155 cm³/mol. The Morgan fingerprint density at radius 1 is 1.14 bits per heavy atom. The Morgan fingerprint density at radius 2 is 1.78 bits per heavy atom. The quantitative estimate of drug-likeness (QED) is 0.218. The van der Waals surface area contributed by atoms with Crippen molar-refractivity contribution < 1.29 is 9.59 Å². The zero-order valence-electron chi connectivity index (χ0n) is 20.6. The fourth-order valence-corrected chi connectivity index (χ4v) is 3.31. The van der Waals surface area contributed by atoms with Crippen molar-refractivity contribution in [3.63, 3.8) is 0 Å². The second-order valence-corrected chi connectivity index (χ2v) is 8.29. The maximum atomic E-state index is 11.0. The fourth-order valence-electron chi connectivity index (χ4n) is 2.37. The lowest BCUT2D eigenvalue weighted by Crippen LogP contribution is -2.27. The van der Waals surface area contributed by atoms with Gasteiger partial charge < -0.3 is 15.5 Å². The highest BCUT2D eigenvalue weighted by Gasteiger charge is 2.02. The van der Waals surface area contributed by atoms with Gasteiger partial charge in [0, 0.05) is 30.7 Å². The van der Waals surface area contributed by atoms with Crippen LogP contribution in [0.4, 0.5) is 9.80 Å². The Kier molecular flexibility index (Phi) is 19.2. The van der Waals surface area contributed by atoms with E-state index in [4.69, 9.17) is 11.6 Å². The molecular formula is C28H33ClN4O2S. The summed E-state index contributed by atoms with van der Waals surface area (Å²) in [5.41, 5.74) is 1.79. The molecule has 0 bridgehead atoms. The van der Waals surface area contributed by atoms with E-state index in [-0.39, 0.29) is 6.03 Å². The van der Waals surface area contributed by atoms with Crippen molar-refractivity contribution in [3.8, 4) is 12.8 Å². The number of hydrogen-bond acceptors (Lipinski definition) is 4. The molecule has 190 valence electrons. The SMILES string of the molecule is C#C.C=C/C(=C\C=C(/C)NC=O)N1C=CC=CC1.CCNC(=O)Nc1ccc(Cl)s1.c1ccccc1. The molecule has 0 unspecified atom stereocenters. The van der Waals surface area contributed by atoms with Crippen molar-refractivity contribution in [2.75, 3.05) is 18.4 Å². The summed E-state index contributed by atoms with van der Waals surface area (Å²) in [6.45, 7) is 8.92. The number of urea groups is 1. The Morgan fingerprint density at radius 3 is 2.22 bits per heavy atom. The van der Waals surface area contributed by atoms with Crippen molar-refractivity contribution in [1.29, 1.82) is 0 Å². The van der Waals surface area contributed by atoms with Crippen LogP contribution in [0.25, 0.3) is 0 Å². The van der Waals surface area contributed by atoms with Gasteiger partial charge in [-0.3, -0.25) is 10.1 Å². The minimum absolute atomic E-state index is 0.198. The Balaban J connectivity index is 0.000000535. The van der Waals surface area contributed by atoms with Crippen LogP contribution in [0.5, 0.6) is 0 Å². The number of nitrogens with one attached hydrogen (secondary N) is 3. The van der Waals surface area contributed by atoms with E-state index in [1.165, 1.54) is 11.3 Å². The fraction of sp³-hybridized carbons (Fsp3) is 0.143. The van der Waals surface area contributed by atoms with Crippen molar-refractivity contribution in [3.05, 3.63) is 113 Å². The summed E-state index contributed by atoms with van der Waals surface area (Å²) in [5.74, 6) is 0. The number of allylic oxidation sites excluding steroid dienone is 6. The molecule has 1 aliphatic heterocycles. The standard InChI is InChI=1S/C13H16N2O.C7H9ClN2OS.C6H6.C2H2/c1-3-13(8-7-12(2)14-11-16)15-9-5-4-6-10-15;1-2-9-7(11)10-6-4-3-5(8)12-6;1-2-4-6-5-3-1;1-2/h3-9,11H,1,10H2,2H3,(H,14,16);3-4H,2H2,1H3,(H2,9,10,11);1-6H;1-2H/b12-7+,13-8+;;;. The molecule has 0 saturated carbocycles. The van der Waals surface area contributed by atoms with Crippen LogP contribution in [0.1, 0.15) is 13.8 Å². The highest BCUT2D eigenvalue weighted by Crippen LogP contribution is 2.25. The van der Waals surface area contributed by atoms with Gasteiger partial charge in [-0.2, -0.15) is 0 Å². The maximum absolute atomic E-state index is 11.0. The first kappa shape index (κ1) is 32.0. The molecule has 2 heterocycles. The highest BCUT2D eigenvalue weighted by molar-refractivity contribution is 7.20. The van der Waals surface area contributed by atoms with Gasteiger partial charge in [0.05, 0.1) is 9.34 Å². The maximum Gasteiger partial charge on any atom is 0.319 e. The second kappa shape index (κ2) is 21.5. The number of amides is 3. The zero-order chi connectivity index (χ0) is 27.0. The summed E-state index contributed by atoms with van der Waals surface area (Å²) < 4.78 is 0.668. The summed E-state index contributed by atoms with van der Waals surface area (Å²) in [7, 11) is 0. The van der Waals surface area contributed by atoms with Crippen molar-refractivity contribution in [2.45, 2.75) is 13.8 Å². The normalized spacial score (nSPS) is 11.8. The van der Waals surface area contributed by atoms with Crippen LogP contribution >= 0.6 is 22.9 Å². The molecular weight excluding hydrogens is 492 g/mol. The van der Waals surface area contributed by atoms with Gasteiger partial charge in [-0.05, 0) is 50.3 Å². The average molecular weight is 525 g/mol. The number of thiophene rings is 1. The molecule has 3 rings (SSSR count). The molecule has 0 atom stereocenters. The van der Waals surface area contributed by atoms with E-state index in [0.29, 0.717) is 17.3 Å². The second-order valence-electron chi connectivity index (χ2n) is 6.57. The van der Waals surface area contributed by atoms with Crippen LogP contribution < -0.4 is 16.0 Å². The largest absolute Gasteiger partial charge is 0.344 e. The van der Waals surface area contributed by atoms with Gasteiger partial charge >= 0.3 is 6.03 Å². The number of nitrogens with zero attached hydrogens (tertiary/aromatic N) is 1. The summed E-state index contributed by atoms with van der Waals surface area (Å²) in [6.07, 6.45) is 22.2. The van der Waals surface area contributed by atoms with E-state index in [0.717, 1.165) is 22.9 Å². The van der Waals surface area contributed by atoms with Gasteiger partial charge in [-0.1, -0.05) is 66.7 Å². The summed E-state index contributed by atoms with van der Waals surface area (Å²) in [4.78, 5) is 23.2. The summed E-state index contributed by atoms with van der Waals surface area (Å²) in [5, 5.41) is 8.60. The van der Waals surface area contributed by atoms with Crippen LogP contribution in [-0.2, 0) is 4.79 Å². The number of anilines is 1. The van der Waals surface area contributed by atoms with Crippen LogP contribution in [0, 0.1) is 12.8 Å². The molecule has 2 aromatic rings. The van der Waals surface area contributed by atoms with Crippen LogP contribution in [0.3, 0.4) is 0 Å². The third kappa shape index (κ3) is 15.8. The van der Waals surface area contributed by atoms with Crippen LogP contribution in [0.2, 0.25) is 4.34 Å². The number of terminal acetylenes is 1. The molecule has 0 spiro atoms. The van der Waals surface area contributed by atoms with Gasteiger partial charge in [0.25, 0.3) is 0 Å². The van der Waals surface area contributed by atoms with Gasteiger partial charge in [-0.25, -0.2) is 4.79 Å². The lowest BCUT2D eigenvalue weighted by Gasteiger charge is -2.21. The monoisotopic (exact) mass is 524 g/mol. The topological polar surface area (TPSA) is 73.5 Å². The Hall–Kier alpha value is -3.99. The Bertz CT molecular complexity index is 1010. The number of carbonyl (C=O) groups is 2. The molecule has 0 fully saturated rings. The summed E-state index contributed by atoms with van der Waals surface area (Å²) >= 11 is 7.00. The van der Waals surface area contributed by atoms with E-state index in [9.17, 15) is 9.59 Å². The number of rotatable bonds is 7. The lowest BCUT2D eigenvalue weighted by atomic mass is 10.2.